The van der Waals surface area contributed by atoms with Crippen LogP contribution in [0.4, 0.5) is 5.69 Å². The smallest absolute Gasteiger partial charge is 0.239 e. The van der Waals surface area contributed by atoms with Gasteiger partial charge in [0.2, 0.25) is 5.91 Å². The van der Waals surface area contributed by atoms with Crippen LogP contribution in [-0.2, 0) is 4.79 Å². The summed E-state index contributed by atoms with van der Waals surface area (Å²) in [6.45, 7) is 2.68. The molecule has 4 nitrogen and oxygen atoms in total. The molecule has 0 aliphatic rings. The number of carbonyl (C=O) groups is 1. The normalized spacial score (nSPS) is 9.76. The molecule has 0 spiro atoms. The summed E-state index contributed by atoms with van der Waals surface area (Å²) >= 11 is 8.35. The summed E-state index contributed by atoms with van der Waals surface area (Å²) in [4.78, 5) is 11.6. The first kappa shape index (κ1) is 13.9. The van der Waals surface area contributed by atoms with Gasteiger partial charge in [-0.05, 0) is 35.0 Å². The summed E-state index contributed by atoms with van der Waals surface area (Å²) in [7, 11) is 0. The number of hydrogen-bond donors (Lipinski definition) is 3. The summed E-state index contributed by atoms with van der Waals surface area (Å²) in [6.07, 6.45) is 0. The molecule has 0 radical (unpaired) electrons. The summed E-state index contributed by atoms with van der Waals surface area (Å²) in [5.41, 5.74) is 7.10. The number of anilines is 1. The van der Waals surface area contributed by atoms with Crippen molar-refractivity contribution in [2.75, 3.05) is 18.4 Å². The van der Waals surface area contributed by atoms with Crippen LogP contribution in [0.1, 0.15) is 12.5 Å². The molecule has 0 aliphatic carbocycles. The molecular formula is C11H14BrN3OS. The molecule has 0 heterocycles. The first-order valence-corrected chi connectivity index (χ1v) is 6.35. The van der Waals surface area contributed by atoms with Gasteiger partial charge in [-0.3, -0.25) is 4.79 Å². The van der Waals surface area contributed by atoms with Gasteiger partial charge in [-0.1, -0.05) is 18.3 Å². The number of hydrogen-bond acceptors (Lipinski definition) is 3. The molecule has 1 aromatic rings. The van der Waals surface area contributed by atoms with Crippen molar-refractivity contribution in [3.63, 3.8) is 0 Å². The second-order valence-corrected chi connectivity index (χ2v) is 4.63. The van der Waals surface area contributed by atoms with Crippen molar-refractivity contribution < 1.29 is 4.79 Å². The highest BCUT2D eigenvalue weighted by atomic mass is 79.9. The van der Waals surface area contributed by atoms with Crippen LogP contribution in [0.5, 0.6) is 0 Å². The summed E-state index contributed by atoms with van der Waals surface area (Å²) in [5.74, 6) is -0.0682. The standard InChI is InChI=1S/C11H14BrN3OS/c1-2-14-9(16)6-15-8-5-3-4-7(12)10(8)11(13)17/h3-5,15H,2,6H2,1H3,(H2,13,17)(H,14,16). The maximum atomic E-state index is 11.3. The Hall–Kier alpha value is -1.14. The molecule has 0 fully saturated rings. The van der Waals surface area contributed by atoms with Crippen molar-refractivity contribution in [3.05, 3.63) is 28.2 Å². The molecule has 6 heteroatoms. The van der Waals surface area contributed by atoms with E-state index in [4.69, 9.17) is 18.0 Å². The van der Waals surface area contributed by atoms with E-state index in [0.29, 0.717) is 12.1 Å². The van der Waals surface area contributed by atoms with E-state index in [1.165, 1.54) is 0 Å². The van der Waals surface area contributed by atoms with Crippen molar-refractivity contribution in [2.45, 2.75) is 6.92 Å². The lowest BCUT2D eigenvalue weighted by Gasteiger charge is -2.12. The molecule has 0 aromatic heterocycles. The number of benzene rings is 1. The molecule has 1 rings (SSSR count). The number of carbonyl (C=O) groups excluding carboxylic acids is 1. The number of likely N-dealkylation sites (N-methyl/N-ethyl adjacent to an activating group) is 1. The van der Waals surface area contributed by atoms with Gasteiger partial charge in [-0.2, -0.15) is 0 Å². The highest BCUT2D eigenvalue weighted by Crippen LogP contribution is 2.24. The van der Waals surface area contributed by atoms with Gasteiger partial charge in [-0.25, -0.2) is 0 Å². The first-order valence-electron chi connectivity index (χ1n) is 5.15. The van der Waals surface area contributed by atoms with Crippen molar-refractivity contribution >= 4 is 44.7 Å². The van der Waals surface area contributed by atoms with E-state index >= 15 is 0 Å². The molecule has 1 aromatic carbocycles. The Morgan fingerprint density at radius 1 is 1.53 bits per heavy atom. The number of amides is 1. The molecule has 92 valence electrons. The molecule has 17 heavy (non-hydrogen) atoms. The average molecular weight is 316 g/mol. The number of rotatable bonds is 5. The van der Waals surface area contributed by atoms with Crippen LogP contribution in [-0.4, -0.2) is 24.0 Å². The molecular weight excluding hydrogens is 302 g/mol. The second-order valence-electron chi connectivity index (χ2n) is 3.33. The van der Waals surface area contributed by atoms with E-state index < -0.39 is 0 Å². The quantitative estimate of drug-likeness (QED) is 0.723. The van der Waals surface area contributed by atoms with Gasteiger partial charge in [-0.15, -0.1) is 0 Å². The Kier molecular flexibility index (Phi) is 5.37. The predicted molar refractivity (Wildman–Crippen MR) is 77.2 cm³/mol. The lowest BCUT2D eigenvalue weighted by atomic mass is 10.2. The maximum Gasteiger partial charge on any atom is 0.239 e. The van der Waals surface area contributed by atoms with Crippen molar-refractivity contribution in [1.82, 2.24) is 5.32 Å². The molecule has 1 amide bonds. The zero-order valence-corrected chi connectivity index (χ0v) is 11.8. The van der Waals surface area contributed by atoms with Crippen LogP contribution < -0.4 is 16.4 Å². The molecule has 0 atom stereocenters. The SMILES string of the molecule is CCNC(=O)CNc1cccc(Br)c1C(N)=S. The van der Waals surface area contributed by atoms with Crippen LogP contribution in [0.3, 0.4) is 0 Å². The van der Waals surface area contributed by atoms with Gasteiger partial charge in [0.15, 0.2) is 0 Å². The first-order chi connectivity index (χ1) is 8.06. The Morgan fingerprint density at radius 3 is 2.82 bits per heavy atom. The monoisotopic (exact) mass is 315 g/mol. The number of nitrogens with one attached hydrogen (secondary N) is 2. The third-order valence-corrected chi connectivity index (χ3v) is 2.94. The van der Waals surface area contributed by atoms with Crippen LogP contribution in [0, 0.1) is 0 Å². The zero-order chi connectivity index (χ0) is 12.8. The Balaban J connectivity index is 2.81. The number of nitrogens with two attached hydrogens (primary N) is 1. The topological polar surface area (TPSA) is 67.2 Å². The molecule has 0 bridgehead atoms. The maximum absolute atomic E-state index is 11.3. The molecule has 0 unspecified atom stereocenters. The van der Waals surface area contributed by atoms with Gasteiger partial charge in [0.05, 0.1) is 6.54 Å². The molecule has 4 N–H and O–H groups in total. The Labute approximate surface area is 114 Å². The third kappa shape index (κ3) is 3.98. The summed E-state index contributed by atoms with van der Waals surface area (Å²) in [6, 6.07) is 5.54. The van der Waals surface area contributed by atoms with Crippen LogP contribution >= 0.6 is 28.1 Å². The predicted octanol–water partition coefficient (Wildman–Crippen LogP) is 1.63. The lowest BCUT2D eigenvalue weighted by molar-refractivity contribution is -0.119. The largest absolute Gasteiger partial charge is 0.389 e. The fourth-order valence-electron chi connectivity index (χ4n) is 1.36. The highest BCUT2D eigenvalue weighted by Gasteiger charge is 2.09. The third-order valence-electron chi connectivity index (χ3n) is 2.07. The van der Waals surface area contributed by atoms with Gasteiger partial charge in [0.1, 0.15) is 4.99 Å². The summed E-state index contributed by atoms with van der Waals surface area (Å²) in [5, 5.41) is 5.71. The van der Waals surface area contributed by atoms with E-state index in [2.05, 4.69) is 26.6 Å². The van der Waals surface area contributed by atoms with Crippen LogP contribution in [0.2, 0.25) is 0 Å². The second kappa shape index (κ2) is 6.56. The fraction of sp³-hybridized carbons (Fsp3) is 0.273. The van der Waals surface area contributed by atoms with E-state index in [1.54, 1.807) is 0 Å². The number of thiocarbonyl (C=S) groups is 1. The molecule has 0 saturated heterocycles. The van der Waals surface area contributed by atoms with Crippen molar-refractivity contribution in [1.29, 1.82) is 0 Å². The number of halogens is 1. The van der Waals surface area contributed by atoms with Gasteiger partial charge < -0.3 is 16.4 Å². The minimum Gasteiger partial charge on any atom is -0.389 e. The van der Waals surface area contributed by atoms with E-state index in [1.807, 2.05) is 25.1 Å². The fourth-order valence-corrected chi connectivity index (χ4v) is 2.29. The highest BCUT2D eigenvalue weighted by molar-refractivity contribution is 9.10. The Morgan fingerprint density at radius 2 is 2.24 bits per heavy atom. The zero-order valence-electron chi connectivity index (χ0n) is 9.42. The van der Waals surface area contributed by atoms with E-state index in [0.717, 1.165) is 10.2 Å². The van der Waals surface area contributed by atoms with Crippen LogP contribution in [0.15, 0.2) is 22.7 Å². The van der Waals surface area contributed by atoms with Gasteiger partial charge in [0, 0.05) is 22.3 Å². The molecule has 0 saturated carbocycles. The summed E-state index contributed by atoms with van der Waals surface area (Å²) < 4.78 is 0.811. The van der Waals surface area contributed by atoms with E-state index in [9.17, 15) is 4.79 Å². The lowest BCUT2D eigenvalue weighted by Crippen LogP contribution is -2.30. The van der Waals surface area contributed by atoms with Gasteiger partial charge >= 0.3 is 0 Å². The van der Waals surface area contributed by atoms with Crippen molar-refractivity contribution in [2.24, 2.45) is 5.73 Å². The average Bonchev–Trinajstić information content (AvgIpc) is 2.26. The minimum absolute atomic E-state index is 0.0682. The van der Waals surface area contributed by atoms with Gasteiger partial charge in [0.25, 0.3) is 0 Å². The van der Waals surface area contributed by atoms with Crippen molar-refractivity contribution in [3.8, 4) is 0 Å². The Bertz CT molecular complexity index is 437. The minimum atomic E-state index is -0.0682. The molecule has 0 aliphatic heterocycles. The van der Waals surface area contributed by atoms with E-state index in [-0.39, 0.29) is 17.4 Å². The van der Waals surface area contributed by atoms with Crippen LogP contribution in [0.25, 0.3) is 0 Å².